The average Bonchev–Trinajstić information content (AvgIpc) is 2.65. The van der Waals surface area contributed by atoms with Gasteiger partial charge in [0.05, 0.1) is 0 Å². The smallest absolute Gasteiger partial charge is 0.251 e. The molecule has 2 N–H and O–H groups in total. The van der Waals surface area contributed by atoms with Crippen molar-refractivity contribution in [2.24, 2.45) is 5.92 Å². The van der Waals surface area contributed by atoms with Gasteiger partial charge in [0.1, 0.15) is 0 Å². The molecule has 1 fully saturated rings. The van der Waals surface area contributed by atoms with E-state index in [9.17, 15) is 14.7 Å². The van der Waals surface area contributed by atoms with Gasteiger partial charge in [-0.15, -0.1) is 0 Å². The summed E-state index contributed by atoms with van der Waals surface area (Å²) in [6, 6.07) is 9.80. The molecule has 0 bridgehead atoms. The van der Waals surface area contributed by atoms with E-state index in [1.54, 1.807) is 0 Å². The zero-order valence-electron chi connectivity index (χ0n) is 14.7. The van der Waals surface area contributed by atoms with Crippen LogP contribution < -0.4 is 5.56 Å². The highest BCUT2D eigenvalue weighted by molar-refractivity contribution is 5.79. The third-order valence-electron chi connectivity index (χ3n) is 5.45. The fraction of sp³-hybridized carbons (Fsp3) is 0.500. The number of pyridine rings is 1. The minimum atomic E-state index is -0.113. The van der Waals surface area contributed by atoms with Crippen molar-refractivity contribution in [1.29, 1.82) is 0 Å². The number of hydrogen-bond donors (Lipinski definition) is 2. The number of H-pyrrole nitrogens is 1. The first-order valence-corrected chi connectivity index (χ1v) is 9.06. The summed E-state index contributed by atoms with van der Waals surface area (Å²) in [7, 11) is 1.86. The van der Waals surface area contributed by atoms with Crippen LogP contribution in [0.4, 0.5) is 0 Å². The monoisotopic (exact) mass is 342 g/mol. The lowest BCUT2D eigenvalue weighted by Gasteiger charge is -2.34. The maximum atomic E-state index is 12.5. The molecule has 0 unspecified atom stereocenters. The molecular weight excluding hydrogens is 316 g/mol. The summed E-state index contributed by atoms with van der Waals surface area (Å²) in [6.07, 6.45) is 4.65. The summed E-state index contributed by atoms with van der Waals surface area (Å²) in [5.74, 6) is 0.468. The van der Waals surface area contributed by atoms with Crippen molar-refractivity contribution in [2.75, 3.05) is 13.7 Å². The van der Waals surface area contributed by atoms with E-state index in [0.717, 1.165) is 36.6 Å². The van der Waals surface area contributed by atoms with Gasteiger partial charge in [0.15, 0.2) is 0 Å². The van der Waals surface area contributed by atoms with Gasteiger partial charge in [0.2, 0.25) is 5.91 Å². The van der Waals surface area contributed by atoms with Crippen molar-refractivity contribution in [3.05, 3.63) is 46.2 Å². The quantitative estimate of drug-likeness (QED) is 0.877. The van der Waals surface area contributed by atoms with E-state index in [1.165, 1.54) is 0 Å². The maximum absolute atomic E-state index is 12.5. The Morgan fingerprint density at radius 1 is 1.24 bits per heavy atom. The minimum Gasteiger partial charge on any atom is -0.396 e. The van der Waals surface area contributed by atoms with E-state index in [0.29, 0.717) is 24.3 Å². The molecule has 2 aromatic rings. The Morgan fingerprint density at radius 3 is 2.68 bits per heavy atom. The van der Waals surface area contributed by atoms with Crippen LogP contribution in [0, 0.1) is 5.92 Å². The molecule has 1 aromatic heterocycles. The number of fused-ring (bicyclic) bond motifs is 1. The van der Waals surface area contributed by atoms with E-state index >= 15 is 0 Å². The molecule has 0 radical (unpaired) electrons. The van der Waals surface area contributed by atoms with Crippen LogP contribution in [0.5, 0.6) is 0 Å². The van der Waals surface area contributed by atoms with E-state index < -0.39 is 0 Å². The third-order valence-corrected chi connectivity index (χ3v) is 5.45. The van der Waals surface area contributed by atoms with Gasteiger partial charge in [0, 0.05) is 37.2 Å². The number of amides is 1. The Morgan fingerprint density at radius 2 is 1.96 bits per heavy atom. The second-order valence-electron chi connectivity index (χ2n) is 7.07. The standard InChI is InChI=1S/C20H26N2O3/c1-22(17-9-6-14(13-23)7-10-17)19(24)11-8-16-12-15-4-2-3-5-18(15)21-20(16)25/h2-5,12,14,17,23H,6-11,13H2,1H3,(H,21,25). The van der Waals surface area contributed by atoms with Crippen molar-refractivity contribution >= 4 is 16.8 Å². The van der Waals surface area contributed by atoms with Gasteiger partial charge in [-0.3, -0.25) is 9.59 Å². The zero-order chi connectivity index (χ0) is 17.8. The van der Waals surface area contributed by atoms with Gasteiger partial charge in [-0.2, -0.15) is 0 Å². The van der Waals surface area contributed by atoms with Crippen molar-refractivity contribution in [1.82, 2.24) is 9.88 Å². The van der Waals surface area contributed by atoms with Gasteiger partial charge in [-0.1, -0.05) is 18.2 Å². The highest BCUT2D eigenvalue weighted by Gasteiger charge is 2.26. The van der Waals surface area contributed by atoms with Crippen LogP contribution in [0.25, 0.3) is 10.9 Å². The molecule has 1 aliphatic carbocycles. The molecule has 1 heterocycles. The van der Waals surface area contributed by atoms with Crippen LogP contribution in [0.3, 0.4) is 0 Å². The predicted molar refractivity (Wildman–Crippen MR) is 98.5 cm³/mol. The zero-order valence-corrected chi connectivity index (χ0v) is 14.7. The summed E-state index contributed by atoms with van der Waals surface area (Å²) in [5.41, 5.74) is 1.36. The molecule has 0 spiro atoms. The van der Waals surface area contributed by atoms with Gasteiger partial charge in [-0.05, 0) is 55.5 Å². The number of aryl methyl sites for hydroxylation is 1. The second-order valence-corrected chi connectivity index (χ2v) is 7.07. The molecule has 1 aromatic carbocycles. The number of carbonyl (C=O) groups is 1. The van der Waals surface area contributed by atoms with Crippen LogP contribution >= 0.6 is 0 Å². The number of aliphatic hydroxyl groups excluding tert-OH is 1. The van der Waals surface area contributed by atoms with Crippen LogP contribution in [0.2, 0.25) is 0 Å². The van der Waals surface area contributed by atoms with E-state index in [4.69, 9.17) is 0 Å². The number of nitrogens with one attached hydrogen (secondary N) is 1. The molecule has 3 rings (SSSR count). The second kappa shape index (κ2) is 7.83. The molecule has 1 saturated carbocycles. The largest absolute Gasteiger partial charge is 0.396 e. The topological polar surface area (TPSA) is 73.4 Å². The van der Waals surface area contributed by atoms with Crippen molar-refractivity contribution in [3.63, 3.8) is 0 Å². The molecule has 1 amide bonds. The fourth-order valence-electron chi connectivity index (χ4n) is 3.71. The summed E-state index contributed by atoms with van der Waals surface area (Å²) in [5, 5.41) is 10.2. The number of carbonyl (C=O) groups excluding carboxylic acids is 1. The van der Waals surface area contributed by atoms with Crippen LogP contribution in [-0.2, 0) is 11.2 Å². The number of hydrogen-bond acceptors (Lipinski definition) is 3. The number of aromatic amines is 1. The van der Waals surface area contributed by atoms with Crippen molar-refractivity contribution in [2.45, 2.75) is 44.6 Å². The highest BCUT2D eigenvalue weighted by Crippen LogP contribution is 2.27. The summed E-state index contributed by atoms with van der Waals surface area (Å²) in [4.78, 5) is 29.4. The SMILES string of the molecule is CN(C(=O)CCc1cc2ccccc2[nH]c1=O)C1CCC(CO)CC1. The molecule has 134 valence electrons. The summed E-state index contributed by atoms with van der Waals surface area (Å²) in [6.45, 7) is 0.245. The Bertz CT molecular complexity index is 791. The van der Waals surface area contributed by atoms with E-state index in [1.807, 2.05) is 42.3 Å². The summed E-state index contributed by atoms with van der Waals surface area (Å²) < 4.78 is 0. The Kier molecular flexibility index (Phi) is 5.53. The van der Waals surface area contributed by atoms with Gasteiger partial charge in [-0.25, -0.2) is 0 Å². The van der Waals surface area contributed by atoms with E-state index in [-0.39, 0.29) is 24.1 Å². The van der Waals surface area contributed by atoms with Gasteiger partial charge in [0.25, 0.3) is 5.56 Å². The minimum absolute atomic E-state index is 0.0833. The molecular formula is C20H26N2O3. The lowest BCUT2D eigenvalue weighted by atomic mass is 9.86. The Labute approximate surface area is 147 Å². The fourth-order valence-corrected chi connectivity index (χ4v) is 3.71. The molecule has 1 aliphatic rings. The lowest BCUT2D eigenvalue weighted by Crippen LogP contribution is -2.40. The Hall–Kier alpha value is -2.14. The number of para-hydroxylation sites is 1. The first-order valence-electron chi connectivity index (χ1n) is 9.06. The third kappa shape index (κ3) is 4.10. The molecule has 0 saturated heterocycles. The number of benzene rings is 1. The van der Waals surface area contributed by atoms with Gasteiger partial charge < -0.3 is 15.0 Å². The number of rotatable bonds is 5. The normalized spacial score (nSPS) is 20.6. The molecule has 25 heavy (non-hydrogen) atoms. The first kappa shape index (κ1) is 17.7. The van der Waals surface area contributed by atoms with Crippen LogP contribution in [0.1, 0.15) is 37.7 Å². The highest BCUT2D eigenvalue weighted by atomic mass is 16.3. The van der Waals surface area contributed by atoms with Gasteiger partial charge >= 0.3 is 0 Å². The number of nitrogens with zero attached hydrogens (tertiary/aromatic N) is 1. The van der Waals surface area contributed by atoms with Crippen molar-refractivity contribution in [3.8, 4) is 0 Å². The molecule has 0 aliphatic heterocycles. The summed E-state index contributed by atoms with van der Waals surface area (Å²) >= 11 is 0. The molecule has 0 atom stereocenters. The Balaban J connectivity index is 1.60. The van der Waals surface area contributed by atoms with E-state index in [2.05, 4.69) is 4.98 Å². The van der Waals surface area contributed by atoms with Crippen LogP contribution in [0.15, 0.2) is 35.1 Å². The number of aromatic nitrogens is 1. The van der Waals surface area contributed by atoms with Crippen molar-refractivity contribution < 1.29 is 9.90 Å². The van der Waals surface area contributed by atoms with Crippen LogP contribution in [-0.4, -0.2) is 40.6 Å². The molecule has 5 nitrogen and oxygen atoms in total. The predicted octanol–water partition coefficient (Wildman–Crippen LogP) is 2.47. The maximum Gasteiger partial charge on any atom is 0.251 e. The first-order chi connectivity index (χ1) is 12.1. The number of aliphatic hydroxyl groups is 1. The average molecular weight is 342 g/mol. The molecule has 5 heteroatoms. The lowest BCUT2D eigenvalue weighted by molar-refractivity contribution is -0.132.